The summed E-state index contributed by atoms with van der Waals surface area (Å²) in [6, 6.07) is 20.7. The highest BCUT2D eigenvalue weighted by atomic mass is 32.2. The van der Waals surface area contributed by atoms with E-state index in [2.05, 4.69) is 9.97 Å². The van der Waals surface area contributed by atoms with Crippen molar-refractivity contribution in [3.05, 3.63) is 72.4 Å². The third-order valence-electron chi connectivity index (χ3n) is 3.72. The molecule has 0 spiro atoms. The summed E-state index contributed by atoms with van der Waals surface area (Å²) in [6.45, 7) is 2.12. The van der Waals surface area contributed by atoms with E-state index < -0.39 is 10.8 Å². The maximum absolute atomic E-state index is 12.7. The van der Waals surface area contributed by atoms with Crippen LogP contribution in [0.3, 0.4) is 0 Å². The average molecular weight is 413 g/mol. The van der Waals surface area contributed by atoms with Crippen molar-refractivity contribution in [1.29, 1.82) is 0 Å². The number of hydrogen-bond acceptors (Lipinski definition) is 6. The first-order chi connectivity index (χ1) is 13.7. The molecule has 0 aliphatic rings. The molecule has 0 bridgehead atoms. The highest BCUT2D eigenvalue weighted by Crippen LogP contribution is 2.23. The summed E-state index contributed by atoms with van der Waals surface area (Å²) in [4.78, 5) is 21.6. The first-order valence-electron chi connectivity index (χ1n) is 8.81. The maximum atomic E-state index is 12.7. The van der Waals surface area contributed by atoms with E-state index in [4.69, 9.17) is 4.74 Å². The molecule has 0 fully saturated rings. The van der Waals surface area contributed by atoms with E-state index in [1.54, 1.807) is 13.0 Å². The van der Waals surface area contributed by atoms with Crippen molar-refractivity contribution in [3.63, 3.8) is 0 Å². The Labute approximate surface area is 171 Å². The zero-order valence-electron chi connectivity index (χ0n) is 15.4. The fourth-order valence-electron chi connectivity index (χ4n) is 2.46. The van der Waals surface area contributed by atoms with Gasteiger partial charge in [-0.25, -0.2) is 9.97 Å². The Morgan fingerprint density at radius 3 is 2.39 bits per heavy atom. The minimum Gasteiger partial charge on any atom is -0.465 e. The van der Waals surface area contributed by atoms with Gasteiger partial charge in [0.1, 0.15) is 5.03 Å². The molecular weight excluding hydrogens is 392 g/mol. The van der Waals surface area contributed by atoms with Gasteiger partial charge in [-0.15, -0.1) is 0 Å². The molecule has 5 nitrogen and oxygen atoms in total. The van der Waals surface area contributed by atoms with E-state index in [9.17, 15) is 9.00 Å². The van der Waals surface area contributed by atoms with Crippen LogP contribution in [-0.2, 0) is 26.1 Å². The molecule has 28 heavy (non-hydrogen) atoms. The lowest BCUT2D eigenvalue weighted by Gasteiger charge is -2.08. The summed E-state index contributed by atoms with van der Waals surface area (Å²) in [5.74, 6) is 0.705. The largest absolute Gasteiger partial charge is 0.465 e. The Bertz CT molecular complexity index is 950. The van der Waals surface area contributed by atoms with Gasteiger partial charge in [-0.1, -0.05) is 60.3 Å². The minimum absolute atomic E-state index is 0.167. The molecule has 0 saturated heterocycles. The Morgan fingerprint density at radius 1 is 1.04 bits per heavy atom. The normalized spacial score (nSPS) is 11.8. The summed E-state index contributed by atoms with van der Waals surface area (Å²) in [6.07, 6.45) is 0. The molecule has 1 atom stereocenters. The SMILES string of the molecule is CCOC(=O)CSc1cc(C[S@@](=O)c2ccccc2)nc(-c2ccccc2)n1. The highest BCUT2D eigenvalue weighted by Gasteiger charge is 2.13. The quantitative estimate of drug-likeness (QED) is 0.315. The average Bonchev–Trinajstić information content (AvgIpc) is 2.73. The molecular formula is C21H20N2O3S2. The second kappa shape index (κ2) is 10.1. The van der Waals surface area contributed by atoms with Gasteiger partial charge in [-0.3, -0.25) is 9.00 Å². The molecule has 0 N–H and O–H groups in total. The summed E-state index contributed by atoms with van der Waals surface area (Å²) >= 11 is 1.29. The van der Waals surface area contributed by atoms with Crippen LogP contribution in [0.5, 0.6) is 0 Å². The lowest BCUT2D eigenvalue weighted by Crippen LogP contribution is -2.07. The van der Waals surface area contributed by atoms with E-state index in [1.165, 1.54) is 11.8 Å². The van der Waals surface area contributed by atoms with Crippen LogP contribution < -0.4 is 0 Å². The third kappa shape index (κ3) is 5.74. The Morgan fingerprint density at radius 2 is 1.71 bits per heavy atom. The summed E-state index contributed by atoms with van der Waals surface area (Å²) in [5.41, 5.74) is 1.54. The lowest BCUT2D eigenvalue weighted by molar-refractivity contribution is -0.139. The predicted molar refractivity (Wildman–Crippen MR) is 111 cm³/mol. The molecule has 2 aromatic carbocycles. The molecule has 0 aliphatic heterocycles. The second-order valence-electron chi connectivity index (χ2n) is 5.78. The van der Waals surface area contributed by atoms with Gasteiger partial charge in [0.05, 0.1) is 34.6 Å². The number of nitrogens with zero attached hydrogens (tertiary/aromatic N) is 2. The molecule has 0 unspecified atom stereocenters. The highest BCUT2D eigenvalue weighted by molar-refractivity contribution is 7.99. The smallest absolute Gasteiger partial charge is 0.316 e. The van der Waals surface area contributed by atoms with Crippen LogP contribution in [0.1, 0.15) is 12.6 Å². The van der Waals surface area contributed by atoms with Crippen molar-refractivity contribution < 1.29 is 13.7 Å². The van der Waals surface area contributed by atoms with Gasteiger partial charge in [0.15, 0.2) is 5.82 Å². The van der Waals surface area contributed by atoms with Crippen LogP contribution in [0.4, 0.5) is 0 Å². The Kier molecular flexibility index (Phi) is 7.33. The van der Waals surface area contributed by atoms with Gasteiger partial charge in [-0.2, -0.15) is 0 Å². The molecule has 0 saturated carbocycles. The number of benzene rings is 2. The van der Waals surface area contributed by atoms with E-state index in [-0.39, 0.29) is 17.5 Å². The van der Waals surface area contributed by atoms with E-state index >= 15 is 0 Å². The van der Waals surface area contributed by atoms with Crippen LogP contribution in [-0.4, -0.2) is 32.5 Å². The van der Waals surface area contributed by atoms with Crippen LogP contribution in [0.2, 0.25) is 0 Å². The van der Waals surface area contributed by atoms with Gasteiger partial charge in [0.25, 0.3) is 0 Å². The topological polar surface area (TPSA) is 69.2 Å². The molecule has 144 valence electrons. The number of hydrogen-bond donors (Lipinski definition) is 0. The summed E-state index contributed by atoms with van der Waals surface area (Å²) < 4.78 is 17.7. The van der Waals surface area contributed by atoms with Crippen LogP contribution in [0, 0.1) is 0 Å². The van der Waals surface area contributed by atoms with E-state index in [1.807, 2.05) is 60.7 Å². The van der Waals surface area contributed by atoms with Crippen molar-refractivity contribution in [2.75, 3.05) is 12.4 Å². The Balaban J connectivity index is 1.86. The lowest BCUT2D eigenvalue weighted by atomic mass is 10.2. The fraction of sp³-hybridized carbons (Fsp3) is 0.190. The van der Waals surface area contributed by atoms with Crippen molar-refractivity contribution in [3.8, 4) is 11.4 Å². The van der Waals surface area contributed by atoms with Crippen LogP contribution in [0.25, 0.3) is 11.4 Å². The molecule has 7 heteroatoms. The standard InChI is InChI=1S/C21H20N2O3S2/c1-2-26-20(24)14-27-19-13-17(15-28(25)18-11-7-4-8-12-18)22-21(23-19)16-9-5-3-6-10-16/h3-13H,2,14-15H2,1H3/t28-/m1/s1. The van der Waals surface area contributed by atoms with Gasteiger partial charge in [0, 0.05) is 10.5 Å². The van der Waals surface area contributed by atoms with E-state index in [0.29, 0.717) is 23.2 Å². The second-order valence-corrected chi connectivity index (χ2v) is 8.23. The van der Waals surface area contributed by atoms with Crippen molar-refractivity contribution in [1.82, 2.24) is 9.97 Å². The Hall–Kier alpha value is -2.51. The summed E-state index contributed by atoms with van der Waals surface area (Å²) in [7, 11) is -1.21. The number of aromatic nitrogens is 2. The molecule has 1 heterocycles. The maximum Gasteiger partial charge on any atom is 0.316 e. The first-order valence-corrected chi connectivity index (χ1v) is 11.1. The molecule has 3 rings (SSSR count). The minimum atomic E-state index is -1.21. The van der Waals surface area contributed by atoms with Crippen LogP contribution in [0.15, 0.2) is 76.7 Å². The van der Waals surface area contributed by atoms with E-state index in [0.717, 1.165) is 10.5 Å². The van der Waals surface area contributed by atoms with Crippen LogP contribution >= 0.6 is 11.8 Å². The number of thioether (sulfide) groups is 1. The summed E-state index contributed by atoms with van der Waals surface area (Å²) in [5, 5.41) is 0.655. The van der Waals surface area contributed by atoms with Crippen molar-refractivity contribution >= 4 is 28.5 Å². The van der Waals surface area contributed by atoms with Crippen molar-refractivity contribution in [2.45, 2.75) is 22.6 Å². The predicted octanol–water partition coefficient (Wildman–Crippen LogP) is 4.11. The molecule has 0 aliphatic carbocycles. The molecule has 0 radical (unpaired) electrons. The number of ether oxygens (including phenoxy) is 1. The zero-order valence-corrected chi connectivity index (χ0v) is 17.0. The number of carbonyl (C=O) groups is 1. The number of rotatable bonds is 8. The monoisotopic (exact) mass is 412 g/mol. The zero-order chi connectivity index (χ0) is 19.8. The van der Waals surface area contributed by atoms with Gasteiger partial charge >= 0.3 is 5.97 Å². The van der Waals surface area contributed by atoms with Gasteiger partial charge < -0.3 is 4.74 Å². The van der Waals surface area contributed by atoms with Crippen molar-refractivity contribution in [2.24, 2.45) is 0 Å². The molecule has 1 aromatic heterocycles. The first kappa shape index (κ1) is 20.2. The number of carbonyl (C=O) groups excluding carboxylic acids is 1. The fourth-order valence-corrected chi connectivity index (χ4v) is 4.23. The third-order valence-corrected chi connectivity index (χ3v) is 5.96. The molecule has 0 amide bonds. The number of esters is 1. The van der Waals surface area contributed by atoms with Gasteiger partial charge in [0.2, 0.25) is 0 Å². The van der Waals surface area contributed by atoms with Gasteiger partial charge in [-0.05, 0) is 25.1 Å². The molecule has 3 aromatic rings.